The van der Waals surface area contributed by atoms with Crippen molar-refractivity contribution in [3.05, 3.63) is 308 Å². The predicted octanol–water partition coefficient (Wildman–Crippen LogP) is 31.4. The average Bonchev–Trinajstić information content (AvgIpc) is 1.51. The molecule has 0 amide bonds. The molecule has 0 N–H and O–H groups in total. The minimum atomic E-state index is -5.67. The Labute approximate surface area is 662 Å². The van der Waals surface area contributed by atoms with E-state index in [1.807, 2.05) is 0 Å². The number of rotatable bonds is 6. The highest BCUT2D eigenvalue weighted by molar-refractivity contribution is 6.13. The summed E-state index contributed by atoms with van der Waals surface area (Å²) in [6.45, 7) is -2.03. The normalized spacial score (nSPS) is 14.5. The molecule has 1 spiro atoms. The number of hydrogen-bond acceptors (Lipinski definition) is 0. The third kappa shape index (κ3) is 15.7. The van der Waals surface area contributed by atoms with Gasteiger partial charge in [0.15, 0.2) is 0 Å². The van der Waals surface area contributed by atoms with Gasteiger partial charge in [-0.2, -0.15) is 132 Å². The topological polar surface area (TPSA) is 0 Å². The Morgan fingerprint density at radius 1 is 0.174 bits per heavy atom. The van der Waals surface area contributed by atoms with Crippen molar-refractivity contribution in [1.29, 1.82) is 0 Å². The summed E-state index contributed by atoms with van der Waals surface area (Å²) < 4.78 is 455. The molecule has 2 aliphatic rings. The van der Waals surface area contributed by atoms with Crippen LogP contribution >= 0.6 is 0 Å². The molecule has 31 heteroatoms. The fourth-order valence-electron chi connectivity index (χ4n) is 16.6. The molecule has 14 aromatic carbocycles. The molecule has 0 aromatic heterocycles. The lowest BCUT2D eigenvalue weighted by atomic mass is 9.80. The van der Waals surface area contributed by atoms with Crippen LogP contribution in [0.2, 0.25) is 0 Å². The van der Waals surface area contributed by atoms with E-state index in [0.717, 1.165) is 48.5 Å². The van der Waals surface area contributed by atoms with Crippen LogP contribution in [0.25, 0.3) is 132 Å². The molecule has 0 atom stereocenters. The summed E-state index contributed by atoms with van der Waals surface area (Å²) in [5.74, 6) is 0. The van der Waals surface area contributed by atoms with E-state index in [-0.39, 0.29) is 119 Å². The number of quaternary nitrogens is 1. The van der Waals surface area contributed by atoms with Crippen LogP contribution < -0.4 is 0 Å². The van der Waals surface area contributed by atoms with Gasteiger partial charge in [0.2, 0.25) is 0 Å². The van der Waals surface area contributed by atoms with Crippen molar-refractivity contribution < 1.29 is 136 Å². The first kappa shape index (κ1) is 82.7. The number of halogens is 30. The third-order valence-electron chi connectivity index (χ3n) is 21.9. The van der Waals surface area contributed by atoms with Gasteiger partial charge in [-0.25, -0.2) is 0 Å². The maximum Gasteiger partial charge on any atom is 0.416 e. The van der Waals surface area contributed by atoms with E-state index in [2.05, 4.69) is 0 Å². The zero-order valence-electron chi connectivity index (χ0n) is 60.6. The standard InChI is InChI=1S/C90H46F30N/c91-81(92,93)59-13-15-71-57(31-59)33-73(55-19-47(51-23-61(83(97,98)99)35-62(24-51)84(100,101)102)17-48(20-55)52-25-63(85(103,104)105)36-64(26-52)86(106,107)108)75-41-121(39-45-11-9-43-5-1-3-7-69(43)77(45)78-46(40-121)12-10-44-6-2-4-8-70(44)78)42-76-74(34-58-32-60(82(94,95)96)14-16-72(58)80(76)79(71)75)56-21-49(53-27-65(87(109,110)111)37-66(28-53)88(112,113)114)18-50(22-56)54-29-67(89(115,116)117)38-68(30-54)90(118,119)120/h1-38H,39-42H2/q+1. The van der Waals surface area contributed by atoms with Gasteiger partial charge >= 0.3 is 61.8 Å². The minimum Gasteiger partial charge on any atom is -0.309 e. The molecule has 0 saturated carbocycles. The molecule has 0 radical (unpaired) electrons. The van der Waals surface area contributed by atoms with Crippen LogP contribution in [0.5, 0.6) is 0 Å². The van der Waals surface area contributed by atoms with Gasteiger partial charge in [-0.3, -0.25) is 0 Å². The van der Waals surface area contributed by atoms with Gasteiger partial charge in [-0.1, -0.05) is 84.9 Å². The number of hydrogen-bond donors (Lipinski definition) is 0. The van der Waals surface area contributed by atoms with Crippen molar-refractivity contribution >= 4 is 43.1 Å². The van der Waals surface area contributed by atoms with Crippen molar-refractivity contribution in [2.45, 2.75) is 87.9 Å². The second-order valence-corrected chi connectivity index (χ2v) is 29.8. The molecule has 1 nitrogen and oxygen atoms in total. The van der Waals surface area contributed by atoms with Crippen LogP contribution in [-0.4, -0.2) is 4.48 Å². The summed E-state index contributed by atoms with van der Waals surface area (Å²) >= 11 is 0. The molecule has 0 unspecified atom stereocenters. The van der Waals surface area contributed by atoms with E-state index in [9.17, 15) is 0 Å². The smallest absolute Gasteiger partial charge is 0.309 e. The first-order valence-electron chi connectivity index (χ1n) is 35.8. The van der Waals surface area contributed by atoms with Crippen molar-refractivity contribution in [2.75, 3.05) is 0 Å². The lowest BCUT2D eigenvalue weighted by Crippen LogP contribution is -2.44. The number of benzene rings is 14. The van der Waals surface area contributed by atoms with E-state index in [1.54, 1.807) is 72.8 Å². The number of alkyl halides is 30. The van der Waals surface area contributed by atoms with Gasteiger partial charge in [0, 0.05) is 33.4 Å². The summed E-state index contributed by atoms with van der Waals surface area (Å²) in [7, 11) is 0. The highest BCUT2D eigenvalue weighted by atomic mass is 19.4. The summed E-state index contributed by atoms with van der Waals surface area (Å²) in [6, 6.07) is 30.8. The van der Waals surface area contributed by atoms with E-state index in [1.165, 1.54) is 0 Å². The summed E-state index contributed by atoms with van der Waals surface area (Å²) in [6.07, 6.45) is -56.1. The second-order valence-electron chi connectivity index (χ2n) is 29.8. The quantitative estimate of drug-likeness (QED) is 0.115. The maximum atomic E-state index is 15.6. The van der Waals surface area contributed by atoms with Crippen LogP contribution in [0.4, 0.5) is 132 Å². The monoisotopic (exact) mass is 1710 g/mol. The molecule has 2 aliphatic heterocycles. The highest BCUT2D eigenvalue weighted by Gasteiger charge is 2.47. The molecule has 620 valence electrons. The molecule has 121 heavy (non-hydrogen) atoms. The molecule has 0 saturated heterocycles. The Balaban J connectivity index is 1.13. The molecule has 14 aromatic rings. The maximum absolute atomic E-state index is 15.6. The first-order valence-corrected chi connectivity index (χ1v) is 35.8. The molecule has 2 heterocycles. The van der Waals surface area contributed by atoms with Crippen LogP contribution in [0, 0.1) is 0 Å². The summed E-state index contributed by atoms with van der Waals surface area (Å²) in [5.41, 5.74) is -28.7. The van der Waals surface area contributed by atoms with Crippen LogP contribution in [-0.2, 0) is 87.9 Å². The largest absolute Gasteiger partial charge is 0.416 e. The van der Waals surface area contributed by atoms with Gasteiger partial charge in [-0.15, -0.1) is 0 Å². The SMILES string of the molecule is FC(F)(F)c1cc(-c2cc(-c3cc(C(F)(F)F)cc(C(F)(F)F)c3)cc(-c3cc4cc(C(F)(F)F)ccc4c4c3C[N+]3(Cc5ccc6ccccc6c5-c5c(ccc6ccccc56)C3)Cc3c(-c5cc(-c6cc(C(F)(F)F)cc(C(F)(F)F)c6)cc(-c6cc(C(F)(F)F)cc(C(F)(F)F)c6)c5)cc5cc(C(F)(F)F)ccc5c3-4)c2)cc(C(F)(F)F)c1. The van der Waals surface area contributed by atoms with Crippen molar-refractivity contribution in [2.24, 2.45) is 0 Å². The van der Waals surface area contributed by atoms with Gasteiger partial charge in [0.1, 0.15) is 26.2 Å². The first-order chi connectivity index (χ1) is 56.1. The zero-order chi connectivity index (χ0) is 87.1. The average molecular weight is 1710 g/mol. The van der Waals surface area contributed by atoms with Crippen molar-refractivity contribution in [3.63, 3.8) is 0 Å². The summed E-state index contributed by atoms with van der Waals surface area (Å²) in [5, 5.41) is 0.474. The van der Waals surface area contributed by atoms with E-state index in [4.69, 9.17) is 0 Å². The Morgan fingerprint density at radius 2 is 0.405 bits per heavy atom. The molecular weight excluding hydrogens is 1660 g/mol. The van der Waals surface area contributed by atoms with E-state index >= 15 is 132 Å². The van der Waals surface area contributed by atoms with Gasteiger partial charge < -0.3 is 4.48 Å². The van der Waals surface area contributed by atoms with Crippen LogP contribution in [0.3, 0.4) is 0 Å². The fraction of sp³-hybridized carbons (Fsp3) is 0.156. The third-order valence-corrected chi connectivity index (χ3v) is 21.9. The predicted molar refractivity (Wildman–Crippen MR) is 391 cm³/mol. The lowest BCUT2D eigenvalue weighted by molar-refractivity contribution is -0.977. The Morgan fingerprint density at radius 3 is 0.661 bits per heavy atom. The Hall–Kier alpha value is -12.0. The highest BCUT2D eigenvalue weighted by Crippen LogP contribution is 2.57. The fourth-order valence-corrected chi connectivity index (χ4v) is 16.6. The Kier molecular flexibility index (Phi) is 19.1. The van der Waals surface area contributed by atoms with E-state index in [0.29, 0.717) is 80.2 Å². The molecule has 16 rings (SSSR count). The number of nitrogens with zero attached hydrogens (tertiary/aromatic N) is 1. The molecular formula is C90H46F30N+. The molecule has 0 aliphatic carbocycles. The Bertz CT molecular complexity index is 5900. The van der Waals surface area contributed by atoms with Crippen molar-refractivity contribution in [1.82, 2.24) is 0 Å². The van der Waals surface area contributed by atoms with Crippen LogP contribution in [0.15, 0.2) is 231 Å². The lowest BCUT2D eigenvalue weighted by Gasteiger charge is -2.39. The molecule has 0 fully saturated rings. The van der Waals surface area contributed by atoms with Crippen LogP contribution in [0.1, 0.15) is 77.9 Å². The molecule has 0 bridgehead atoms. The van der Waals surface area contributed by atoms with Gasteiger partial charge in [-0.05, 0) is 267 Å². The van der Waals surface area contributed by atoms with Gasteiger partial charge in [0.25, 0.3) is 0 Å². The van der Waals surface area contributed by atoms with Gasteiger partial charge in [0.05, 0.1) is 55.6 Å². The number of fused-ring (bicyclic) bond motifs is 14. The van der Waals surface area contributed by atoms with Crippen molar-refractivity contribution in [3.8, 4) is 89.0 Å². The summed E-state index contributed by atoms with van der Waals surface area (Å²) in [4.78, 5) is 0. The second kappa shape index (κ2) is 28.0. The van der Waals surface area contributed by atoms with E-state index < -0.39 is 213 Å². The minimum absolute atomic E-state index is 0.145. The zero-order valence-corrected chi connectivity index (χ0v) is 60.6.